The van der Waals surface area contributed by atoms with Gasteiger partial charge in [-0.05, 0) is 28.1 Å². The number of halogens is 1. The summed E-state index contributed by atoms with van der Waals surface area (Å²) >= 11 is 3.24. The Kier molecular flexibility index (Phi) is 2.17. The molecule has 2 aromatic rings. The second-order valence-corrected chi connectivity index (χ2v) is 3.63. The van der Waals surface area contributed by atoms with Crippen molar-refractivity contribution >= 4 is 27.9 Å². The van der Waals surface area contributed by atoms with Crippen molar-refractivity contribution in [1.29, 1.82) is 0 Å². The van der Waals surface area contributed by atoms with Gasteiger partial charge in [0.25, 0.3) is 5.56 Å². The molecule has 0 N–H and O–H groups in total. The number of carbonyl (C=O) groups is 1. The van der Waals surface area contributed by atoms with Crippen LogP contribution in [-0.4, -0.2) is 15.7 Å². The number of carbonyl (C=O) groups excluding carboxylic acids is 1. The topological polar surface area (TPSA) is 51.4 Å². The first kappa shape index (κ1) is 9.08. The molecule has 2 aromatic heterocycles. The van der Waals surface area contributed by atoms with Crippen molar-refractivity contribution in [3.05, 3.63) is 44.9 Å². The van der Waals surface area contributed by atoms with E-state index in [1.54, 1.807) is 18.3 Å². The van der Waals surface area contributed by atoms with Gasteiger partial charge in [-0.15, -0.1) is 0 Å². The molecule has 0 amide bonds. The fourth-order valence-corrected chi connectivity index (χ4v) is 1.48. The van der Waals surface area contributed by atoms with Crippen LogP contribution in [0.3, 0.4) is 0 Å². The molecule has 5 heteroatoms. The SMILES string of the molecule is O=Cc1cnc2ccc(Br)cn2c1=O. The average Bonchev–Trinajstić information content (AvgIpc) is 2.20. The number of hydrogen-bond donors (Lipinski definition) is 0. The molecule has 0 saturated carbocycles. The van der Waals surface area contributed by atoms with Gasteiger partial charge >= 0.3 is 0 Å². The first-order valence-corrected chi connectivity index (χ1v) is 4.64. The summed E-state index contributed by atoms with van der Waals surface area (Å²) in [5, 5.41) is 0. The maximum Gasteiger partial charge on any atom is 0.268 e. The van der Waals surface area contributed by atoms with Crippen molar-refractivity contribution in [1.82, 2.24) is 9.38 Å². The van der Waals surface area contributed by atoms with Crippen LogP contribution < -0.4 is 5.56 Å². The fourth-order valence-electron chi connectivity index (χ4n) is 1.15. The van der Waals surface area contributed by atoms with Crippen molar-refractivity contribution in [3.63, 3.8) is 0 Å². The summed E-state index contributed by atoms with van der Waals surface area (Å²) in [6, 6.07) is 3.47. The van der Waals surface area contributed by atoms with E-state index in [0.717, 1.165) is 4.47 Å². The van der Waals surface area contributed by atoms with Gasteiger partial charge in [0, 0.05) is 16.9 Å². The minimum Gasteiger partial charge on any atom is -0.298 e. The van der Waals surface area contributed by atoms with Crippen molar-refractivity contribution in [2.75, 3.05) is 0 Å². The Morgan fingerprint density at radius 1 is 1.43 bits per heavy atom. The Bertz CT molecular complexity index is 562. The first-order valence-electron chi connectivity index (χ1n) is 3.84. The monoisotopic (exact) mass is 252 g/mol. The van der Waals surface area contributed by atoms with Crippen molar-refractivity contribution < 1.29 is 4.79 Å². The highest BCUT2D eigenvalue weighted by molar-refractivity contribution is 9.10. The van der Waals surface area contributed by atoms with Crippen molar-refractivity contribution in [2.24, 2.45) is 0 Å². The largest absolute Gasteiger partial charge is 0.298 e. The molecule has 0 spiro atoms. The molecule has 4 nitrogen and oxygen atoms in total. The molecule has 0 unspecified atom stereocenters. The highest BCUT2D eigenvalue weighted by atomic mass is 79.9. The molecular weight excluding hydrogens is 248 g/mol. The van der Waals surface area contributed by atoms with Crippen molar-refractivity contribution in [2.45, 2.75) is 0 Å². The van der Waals surface area contributed by atoms with Gasteiger partial charge in [-0.2, -0.15) is 0 Å². The van der Waals surface area contributed by atoms with Gasteiger partial charge in [0.05, 0.1) is 5.56 Å². The molecule has 0 aliphatic heterocycles. The van der Waals surface area contributed by atoms with Gasteiger partial charge < -0.3 is 0 Å². The lowest BCUT2D eigenvalue weighted by Crippen LogP contribution is -2.18. The molecular formula is C9H5BrN2O2. The van der Waals surface area contributed by atoms with E-state index in [9.17, 15) is 9.59 Å². The molecule has 0 fully saturated rings. The fraction of sp³-hybridized carbons (Fsp3) is 0. The van der Waals surface area contributed by atoms with E-state index < -0.39 is 0 Å². The minimum atomic E-state index is -0.355. The number of pyridine rings is 1. The first-order chi connectivity index (χ1) is 6.72. The van der Waals surface area contributed by atoms with Crippen LogP contribution in [0.15, 0.2) is 33.8 Å². The van der Waals surface area contributed by atoms with Crippen LogP contribution in [0.1, 0.15) is 10.4 Å². The summed E-state index contributed by atoms with van der Waals surface area (Å²) in [5.41, 5.74) is 0.218. The molecule has 0 radical (unpaired) electrons. The zero-order chi connectivity index (χ0) is 10.1. The number of rotatable bonds is 1. The molecule has 2 rings (SSSR count). The summed E-state index contributed by atoms with van der Waals surface area (Å²) in [7, 11) is 0. The summed E-state index contributed by atoms with van der Waals surface area (Å²) in [6.45, 7) is 0. The summed E-state index contributed by atoms with van der Waals surface area (Å²) in [4.78, 5) is 26.0. The van der Waals surface area contributed by atoms with Crippen LogP contribution in [-0.2, 0) is 0 Å². The highest BCUT2D eigenvalue weighted by Gasteiger charge is 2.02. The zero-order valence-electron chi connectivity index (χ0n) is 6.98. The molecule has 0 bridgehead atoms. The Labute approximate surface area is 87.3 Å². The molecule has 2 heterocycles. The molecule has 70 valence electrons. The summed E-state index contributed by atoms with van der Waals surface area (Å²) in [5.74, 6) is 0. The summed E-state index contributed by atoms with van der Waals surface area (Å²) < 4.78 is 2.09. The lowest BCUT2D eigenvalue weighted by atomic mass is 10.3. The van der Waals surface area contributed by atoms with E-state index in [1.165, 1.54) is 10.6 Å². The predicted molar refractivity (Wildman–Crippen MR) is 54.5 cm³/mol. The highest BCUT2D eigenvalue weighted by Crippen LogP contribution is 2.08. The van der Waals surface area contributed by atoms with Gasteiger partial charge in [0.2, 0.25) is 0 Å². The number of aromatic nitrogens is 2. The van der Waals surface area contributed by atoms with Crippen LogP contribution in [0.2, 0.25) is 0 Å². The quantitative estimate of drug-likeness (QED) is 0.719. The molecule has 0 aliphatic rings. The Morgan fingerprint density at radius 2 is 2.21 bits per heavy atom. The zero-order valence-corrected chi connectivity index (χ0v) is 8.56. The third-order valence-electron chi connectivity index (χ3n) is 1.82. The van der Waals surface area contributed by atoms with Crippen LogP contribution in [0.5, 0.6) is 0 Å². The van der Waals surface area contributed by atoms with E-state index in [-0.39, 0.29) is 11.1 Å². The second-order valence-electron chi connectivity index (χ2n) is 2.71. The lowest BCUT2D eigenvalue weighted by Gasteiger charge is -2.00. The van der Waals surface area contributed by atoms with Crippen LogP contribution >= 0.6 is 15.9 Å². The lowest BCUT2D eigenvalue weighted by molar-refractivity contribution is 0.112. The third-order valence-corrected chi connectivity index (χ3v) is 2.29. The van der Waals surface area contributed by atoms with Gasteiger partial charge in [0.15, 0.2) is 6.29 Å². The van der Waals surface area contributed by atoms with E-state index in [0.29, 0.717) is 11.9 Å². The standard InChI is InChI=1S/C9H5BrN2O2/c10-7-1-2-8-11-3-6(5-13)9(14)12(8)4-7/h1-5H. The smallest absolute Gasteiger partial charge is 0.268 e. The van der Waals surface area contributed by atoms with E-state index in [4.69, 9.17) is 0 Å². The normalized spacial score (nSPS) is 10.4. The maximum atomic E-state index is 11.6. The van der Waals surface area contributed by atoms with Gasteiger partial charge in [0.1, 0.15) is 5.65 Å². The van der Waals surface area contributed by atoms with Crippen LogP contribution in [0, 0.1) is 0 Å². The van der Waals surface area contributed by atoms with E-state index in [1.807, 2.05) is 0 Å². The Morgan fingerprint density at radius 3 is 2.93 bits per heavy atom. The third kappa shape index (κ3) is 1.35. The van der Waals surface area contributed by atoms with E-state index in [2.05, 4.69) is 20.9 Å². The number of nitrogens with zero attached hydrogens (tertiary/aromatic N) is 2. The molecule has 0 saturated heterocycles. The molecule has 0 aliphatic carbocycles. The summed E-state index contributed by atoms with van der Waals surface area (Å²) in [6.07, 6.45) is 3.36. The number of hydrogen-bond acceptors (Lipinski definition) is 3. The van der Waals surface area contributed by atoms with Gasteiger partial charge in [-0.25, -0.2) is 4.98 Å². The second kappa shape index (κ2) is 3.34. The van der Waals surface area contributed by atoms with Gasteiger partial charge in [-0.1, -0.05) is 0 Å². The molecule has 14 heavy (non-hydrogen) atoms. The van der Waals surface area contributed by atoms with Crippen molar-refractivity contribution in [3.8, 4) is 0 Å². The van der Waals surface area contributed by atoms with Crippen LogP contribution in [0.4, 0.5) is 0 Å². The average molecular weight is 253 g/mol. The number of aldehydes is 1. The maximum absolute atomic E-state index is 11.6. The predicted octanol–water partition coefficient (Wildman–Crippen LogP) is 1.27. The number of fused-ring (bicyclic) bond motifs is 1. The Balaban J connectivity index is 2.93. The van der Waals surface area contributed by atoms with Crippen LogP contribution in [0.25, 0.3) is 5.65 Å². The molecule has 0 aromatic carbocycles. The minimum absolute atomic E-state index is 0.0561. The van der Waals surface area contributed by atoms with Gasteiger partial charge in [-0.3, -0.25) is 14.0 Å². The van der Waals surface area contributed by atoms with E-state index >= 15 is 0 Å². The molecule has 0 atom stereocenters. The Hall–Kier alpha value is -1.49.